The lowest BCUT2D eigenvalue weighted by Crippen LogP contribution is -2.00. The van der Waals surface area contributed by atoms with E-state index in [-0.39, 0.29) is 29.3 Å². The molecule has 0 bridgehead atoms. The second-order valence-corrected chi connectivity index (χ2v) is 6.56. The van der Waals surface area contributed by atoms with Gasteiger partial charge in [0.05, 0.1) is 16.6 Å². The number of imidazole rings is 1. The van der Waals surface area contributed by atoms with Gasteiger partial charge in [0.2, 0.25) is 0 Å². The molecule has 0 aliphatic rings. The third kappa shape index (κ3) is 3.14. The molecule has 4 aromatic rings. The quantitative estimate of drug-likeness (QED) is 0.322. The molecule has 0 unspecified atom stereocenters. The molecule has 0 fully saturated rings. The molecule has 0 saturated carbocycles. The van der Waals surface area contributed by atoms with Gasteiger partial charge in [0, 0.05) is 17.9 Å². The molecular weight excluding hydrogens is 392 g/mol. The van der Waals surface area contributed by atoms with Crippen molar-refractivity contribution < 1.29 is 17.6 Å². The van der Waals surface area contributed by atoms with Gasteiger partial charge in [-0.1, -0.05) is 18.2 Å². The van der Waals surface area contributed by atoms with Crippen LogP contribution in [0.25, 0.3) is 22.4 Å². The molecular formula is C21H13ClF4N2. The van der Waals surface area contributed by atoms with E-state index < -0.39 is 23.3 Å². The first-order valence-corrected chi connectivity index (χ1v) is 8.96. The van der Waals surface area contributed by atoms with E-state index in [0.29, 0.717) is 22.2 Å². The van der Waals surface area contributed by atoms with Crippen molar-refractivity contribution in [1.29, 1.82) is 0 Å². The summed E-state index contributed by atoms with van der Waals surface area (Å²) in [5.41, 5.74) is 1.69. The monoisotopic (exact) mass is 404 g/mol. The van der Waals surface area contributed by atoms with Crippen molar-refractivity contribution in [1.82, 2.24) is 9.97 Å². The van der Waals surface area contributed by atoms with Crippen molar-refractivity contribution in [2.24, 2.45) is 0 Å². The second kappa shape index (κ2) is 7.28. The van der Waals surface area contributed by atoms with Gasteiger partial charge in [-0.2, -0.15) is 0 Å². The third-order valence-electron chi connectivity index (χ3n) is 4.62. The van der Waals surface area contributed by atoms with Gasteiger partial charge < -0.3 is 4.98 Å². The lowest BCUT2D eigenvalue weighted by atomic mass is 9.98. The van der Waals surface area contributed by atoms with Crippen LogP contribution in [0, 0.1) is 23.3 Å². The SMILES string of the molecule is Fc1cccc(F)c1Cc1ccc2[nH]c(-c3c(F)cccc3F)nc2c1CCl. The van der Waals surface area contributed by atoms with Crippen LogP contribution in [0.2, 0.25) is 0 Å². The zero-order chi connectivity index (χ0) is 19.8. The molecule has 0 radical (unpaired) electrons. The molecule has 1 heterocycles. The van der Waals surface area contributed by atoms with Crippen LogP contribution in [-0.4, -0.2) is 9.97 Å². The normalized spacial score (nSPS) is 11.3. The Morgan fingerprint density at radius 1 is 0.786 bits per heavy atom. The average molecular weight is 405 g/mol. The number of nitrogens with zero attached hydrogens (tertiary/aromatic N) is 1. The molecule has 0 spiro atoms. The fourth-order valence-corrected chi connectivity index (χ4v) is 3.52. The Morgan fingerprint density at radius 2 is 1.39 bits per heavy atom. The van der Waals surface area contributed by atoms with E-state index in [9.17, 15) is 17.6 Å². The molecule has 0 saturated heterocycles. The maximum atomic E-state index is 14.1. The van der Waals surface area contributed by atoms with E-state index in [2.05, 4.69) is 9.97 Å². The van der Waals surface area contributed by atoms with Gasteiger partial charge in [-0.05, 0) is 41.5 Å². The van der Waals surface area contributed by atoms with Crippen LogP contribution >= 0.6 is 11.6 Å². The summed E-state index contributed by atoms with van der Waals surface area (Å²) in [6, 6.07) is 10.5. The fourth-order valence-electron chi connectivity index (χ4n) is 3.22. The van der Waals surface area contributed by atoms with Gasteiger partial charge in [0.15, 0.2) is 0 Å². The molecule has 28 heavy (non-hydrogen) atoms. The molecule has 1 aromatic heterocycles. The summed E-state index contributed by atoms with van der Waals surface area (Å²) in [6.07, 6.45) is -0.0211. The number of halogens is 5. The highest BCUT2D eigenvalue weighted by atomic mass is 35.5. The smallest absolute Gasteiger partial charge is 0.144 e. The minimum Gasteiger partial charge on any atom is -0.338 e. The summed E-state index contributed by atoms with van der Waals surface area (Å²) >= 11 is 6.09. The van der Waals surface area contributed by atoms with E-state index >= 15 is 0 Å². The topological polar surface area (TPSA) is 28.7 Å². The Kier molecular flexibility index (Phi) is 4.81. The van der Waals surface area contributed by atoms with Crippen molar-refractivity contribution in [3.05, 3.63) is 88.5 Å². The van der Waals surface area contributed by atoms with Gasteiger partial charge in [-0.15, -0.1) is 11.6 Å². The zero-order valence-electron chi connectivity index (χ0n) is 14.4. The number of benzene rings is 3. The molecule has 0 amide bonds. The number of rotatable bonds is 4. The summed E-state index contributed by atoms with van der Waals surface area (Å²) < 4.78 is 56.2. The molecule has 7 heteroatoms. The lowest BCUT2D eigenvalue weighted by molar-refractivity contribution is 0.561. The fraction of sp³-hybridized carbons (Fsp3) is 0.0952. The van der Waals surface area contributed by atoms with Gasteiger partial charge in [0.25, 0.3) is 0 Å². The maximum absolute atomic E-state index is 14.1. The molecule has 0 atom stereocenters. The minimum atomic E-state index is -0.750. The molecule has 4 rings (SSSR count). The number of fused-ring (bicyclic) bond motifs is 1. The molecule has 0 aliphatic heterocycles. The Morgan fingerprint density at radius 3 is 2.00 bits per heavy atom. The minimum absolute atomic E-state index is 0.0196. The van der Waals surface area contributed by atoms with E-state index in [1.165, 1.54) is 24.3 Å². The summed E-state index contributed by atoms with van der Waals surface area (Å²) in [6.45, 7) is 0. The van der Waals surface area contributed by atoms with E-state index in [0.717, 1.165) is 12.1 Å². The van der Waals surface area contributed by atoms with Crippen LogP contribution in [0.4, 0.5) is 17.6 Å². The van der Waals surface area contributed by atoms with Crippen LogP contribution in [-0.2, 0) is 12.3 Å². The number of alkyl halides is 1. The Balaban J connectivity index is 1.85. The van der Waals surface area contributed by atoms with Gasteiger partial charge >= 0.3 is 0 Å². The Bertz CT molecular complexity index is 1150. The van der Waals surface area contributed by atoms with Crippen LogP contribution in [0.3, 0.4) is 0 Å². The van der Waals surface area contributed by atoms with Crippen molar-refractivity contribution in [2.75, 3.05) is 0 Å². The predicted molar refractivity (Wildman–Crippen MR) is 100 cm³/mol. The van der Waals surface area contributed by atoms with Gasteiger partial charge in [-0.3, -0.25) is 0 Å². The molecule has 142 valence electrons. The summed E-state index contributed by atoms with van der Waals surface area (Å²) in [5, 5.41) is 0. The zero-order valence-corrected chi connectivity index (χ0v) is 15.1. The Labute approximate surface area is 162 Å². The van der Waals surface area contributed by atoms with E-state index in [1.807, 2.05) is 0 Å². The highest BCUT2D eigenvalue weighted by molar-refractivity contribution is 6.18. The van der Waals surface area contributed by atoms with E-state index in [4.69, 9.17) is 11.6 Å². The van der Waals surface area contributed by atoms with Crippen LogP contribution in [0.5, 0.6) is 0 Å². The molecule has 2 nitrogen and oxygen atoms in total. The number of nitrogens with one attached hydrogen (secondary N) is 1. The third-order valence-corrected chi connectivity index (χ3v) is 4.89. The lowest BCUT2D eigenvalue weighted by Gasteiger charge is -2.09. The first-order chi connectivity index (χ1) is 13.5. The predicted octanol–water partition coefficient (Wildman–Crippen LogP) is 6.12. The highest BCUT2D eigenvalue weighted by Gasteiger charge is 2.19. The summed E-state index contributed by atoms with van der Waals surface area (Å²) in [4.78, 5) is 7.20. The van der Waals surface area contributed by atoms with E-state index in [1.54, 1.807) is 12.1 Å². The largest absolute Gasteiger partial charge is 0.338 e. The highest BCUT2D eigenvalue weighted by Crippen LogP contribution is 2.30. The van der Waals surface area contributed by atoms with Crippen LogP contribution < -0.4 is 0 Å². The van der Waals surface area contributed by atoms with Crippen LogP contribution in [0.15, 0.2) is 48.5 Å². The first kappa shape index (κ1) is 18.5. The summed E-state index contributed by atoms with van der Waals surface area (Å²) in [5.74, 6) is -2.77. The molecule has 3 aromatic carbocycles. The maximum Gasteiger partial charge on any atom is 0.144 e. The number of hydrogen-bond acceptors (Lipinski definition) is 1. The number of aromatic nitrogens is 2. The van der Waals surface area contributed by atoms with Crippen molar-refractivity contribution in [2.45, 2.75) is 12.3 Å². The standard InChI is InChI=1S/C21H13ClF4N2/c22-10-13-11(9-12-14(23)3-1-4-15(12)24)7-8-18-20(13)28-21(27-18)19-16(25)5-2-6-17(19)26/h1-8H,9-10H2,(H,27,28). The molecule has 0 aliphatic carbocycles. The summed E-state index contributed by atoms with van der Waals surface area (Å²) in [7, 11) is 0. The van der Waals surface area contributed by atoms with Gasteiger partial charge in [-0.25, -0.2) is 22.5 Å². The molecule has 1 N–H and O–H groups in total. The second-order valence-electron chi connectivity index (χ2n) is 6.29. The van der Waals surface area contributed by atoms with Crippen molar-refractivity contribution in [3.63, 3.8) is 0 Å². The first-order valence-electron chi connectivity index (χ1n) is 8.43. The van der Waals surface area contributed by atoms with Crippen molar-refractivity contribution >= 4 is 22.6 Å². The van der Waals surface area contributed by atoms with Crippen molar-refractivity contribution in [3.8, 4) is 11.4 Å². The Hall–Kier alpha value is -2.86. The number of H-pyrrole nitrogens is 1. The average Bonchev–Trinajstić information content (AvgIpc) is 3.08. The van der Waals surface area contributed by atoms with Crippen LogP contribution in [0.1, 0.15) is 16.7 Å². The number of aromatic amines is 1. The van der Waals surface area contributed by atoms with Gasteiger partial charge in [0.1, 0.15) is 29.1 Å². The number of hydrogen-bond donors (Lipinski definition) is 1.